The average Bonchev–Trinajstić information content (AvgIpc) is 3.31. The predicted molar refractivity (Wildman–Crippen MR) is 284 cm³/mol. The van der Waals surface area contributed by atoms with E-state index in [4.69, 9.17) is 14.2 Å². The highest BCUT2D eigenvalue weighted by Crippen LogP contribution is 2.18. The van der Waals surface area contributed by atoms with Crippen molar-refractivity contribution < 1.29 is 28.6 Å². The van der Waals surface area contributed by atoms with Crippen molar-refractivity contribution in [2.45, 2.75) is 354 Å². The molecule has 0 saturated heterocycles. The molecule has 0 aromatic heterocycles. The highest BCUT2D eigenvalue weighted by Gasteiger charge is 2.19. The fraction of sp³-hybridized carbons (Fsp3) is 0.950. The minimum Gasteiger partial charge on any atom is -0.462 e. The Kier molecular flexibility index (Phi) is 54.7. The van der Waals surface area contributed by atoms with Gasteiger partial charge in [0, 0.05) is 19.3 Å². The van der Waals surface area contributed by atoms with Gasteiger partial charge in [0.05, 0.1) is 0 Å². The molecule has 0 saturated carbocycles. The van der Waals surface area contributed by atoms with Crippen molar-refractivity contribution in [3.05, 3.63) is 0 Å². The maximum Gasteiger partial charge on any atom is 0.306 e. The number of hydrogen-bond acceptors (Lipinski definition) is 6. The zero-order chi connectivity index (χ0) is 47.9. The third kappa shape index (κ3) is 53.4. The Morgan fingerprint density at radius 3 is 0.606 bits per heavy atom. The lowest BCUT2D eigenvalue weighted by Crippen LogP contribution is -2.30. The molecule has 6 heteroatoms. The van der Waals surface area contributed by atoms with Gasteiger partial charge >= 0.3 is 17.9 Å². The monoisotopic (exact) mass is 933 g/mol. The summed E-state index contributed by atoms with van der Waals surface area (Å²) in [4.78, 5) is 38.2. The first kappa shape index (κ1) is 64.4. The van der Waals surface area contributed by atoms with Crippen LogP contribution in [-0.4, -0.2) is 37.2 Å². The molecular weight excluding hydrogens is 817 g/mol. The van der Waals surface area contributed by atoms with Gasteiger partial charge in [-0.05, 0) is 19.3 Å². The van der Waals surface area contributed by atoms with E-state index in [1.54, 1.807) is 0 Å². The highest BCUT2D eigenvalue weighted by molar-refractivity contribution is 5.71. The van der Waals surface area contributed by atoms with Crippen LogP contribution in [0, 0.1) is 0 Å². The summed E-state index contributed by atoms with van der Waals surface area (Å²) in [6.45, 7) is 6.72. The van der Waals surface area contributed by atoms with Crippen LogP contribution in [0.5, 0.6) is 0 Å². The first-order valence-corrected chi connectivity index (χ1v) is 30.0. The Labute approximate surface area is 412 Å². The summed E-state index contributed by atoms with van der Waals surface area (Å²) in [5, 5.41) is 0. The summed E-state index contributed by atoms with van der Waals surface area (Å²) in [6, 6.07) is 0. The molecule has 0 aromatic rings. The van der Waals surface area contributed by atoms with E-state index in [2.05, 4.69) is 20.8 Å². The van der Waals surface area contributed by atoms with Gasteiger partial charge in [-0.3, -0.25) is 14.4 Å². The van der Waals surface area contributed by atoms with E-state index in [1.165, 1.54) is 250 Å². The van der Waals surface area contributed by atoms with Crippen LogP contribution < -0.4 is 0 Å². The third-order valence-corrected chi connectivity index (χ3v) is 13.9. The Morgan fingerprint density at radius 2 is 0.409 bits per heavy atom. The molecule has 0 unspecified atom stereocenters. The SMILES string of the molecule is CCCCCCCCCCCCCCCCCCCCC(=O)OC[C@@H](COC(=O)CCCCCCCCCCCCCCCCC)OC(=O)CCCCCCCCCCCCCCCCC. The number of rotatable bonds is 56. The van der Waals surface area contributed by atoms with Crippen molar-refractivity contribution >= 4 is 17.9 Å². The third-order valence-electron chi connectivity index (χ3n) is 13.9. The summed E-state index contributed by atoms with van der Waals surface area (Å²) in [5.74, 6) is -0.829. The average molecular weight is 934 g/mol. The van der Waals surface area contributed by atoms with Crippen LogP contribution in [0.25, 0.3) is 0 Å². The molecule has 0 spiro atoms. The predicted octanol–water partition coefficient (Wildman–Crippen LogP) is 19.9. The molecule has 0 bridgehead atoms. The second-order valence-corrected chi connectivity index (χ2v) is 20.6. The molecule has 0 radical (unpaired) electrons. The lowest BCUT2D eigenvalue weighted by Gasteiger charge is -2.18. The number of carbonyl (C=O) groups is 3. The van der Waals surface area contributed by atoms with E-state index in [1.807, 2.05) is 0 Å². The maximum atomic E-state index is 12.9. The molecule has 0 N–H and O–H groups in total. The summed E-state index contributed by atoms with van der Waals surface area (Å²) in [7, 11) is 0. The number of unbranched alkanes of at least 4 members (excludes halogenated alkanes) is 45. The first-order chi connectivity index (χ1) is 32.5. The van der Waals surface area contributed by atoms with Gasteiger partial charge in [-0.15, -0.1) is 0 Å². The number of ether oxygens (including phenoxy) is 3. The maximum absolute atomic E-state index is 12.9. The molecule has 1 atom stereocenters. The van der Waals surface area contributed by atoms with Crippen LogP contribution in [0.3, 0.4) is 0 Å². The van der Waals surface area contributed by atoms with E-state index < -0.39 is 6.10 Å². The van der Waals surface area contributed by atoms with Crippen LogP contribution >= 0.6 is 0 Å². The summed E-state index contributed by atoms with van der Waals surface area (Å²) in [5.41, 5.74) is 0. The summed E-state index contributed by atoms with van der Waals surface area (Å²) >= 11 is 0. The molecule has 0 aliphatic rings. The summed E-state index contributed by atoms with van der Waals surface area (Å²) in [6.07, 6.45) is 62.3. The van der Waals surface area contributed by atoms with Gasteiger partial charge in [0.2, 0.25) is 0 Å². The van der Waals surface area contributed by atoms with Crippen LogP contribution in [0.15, 0.2) is 0 Å². The standard InChI is InChI=1S/C60H116O6/c1-4-7-10-13-16-19-22-25-28-29-30-33-35-38-41-44-47-50-53-59(62)65-56-57(66-60(63)54-51-48-45-42-39-36-32-27-24-21-18-15-12-9-6-3)55-64-58(61)52-49-46-43-40-37-34-31-26-23-20-17-14-11-8-5-2/h57H,4-56H2,1-3H3/t57-/m1/s1. The molecule has 0 heterocycles. The summed E-state index contributed by atoms with van der Waals surface area (Å²) < 4.78 is 16.9. The van der Waals surface area contributed by atoms with Gasteiger partial charge in [0.1, 0.15) is 13.2 Å². The normalized spacial score (nSPS) is 11.9. The Morgan fingerprint density at radius 1 is 0.242 bits per heavy atom. The van der Waals surface area contributed by atoms with Crippen molar-refractivity contribution in [1.82, 2.24) is 0 Å². The Bertz CT molecular complexity index is 982. The molecule has 392 valence electrons. The molecule has 66 heavy (non-hydrogen) atoms. The molecule has 0 aliphatic carbocycles. The van der Waals surface area contributed by atoms with Crippen LogP contribution in [0.2, 0.25) is 0 Å². The van der Waals surface area contributed by atoms with Crippen LogP contribution in [0.4, 0.5) is 0 Å². The van der Waals surface area contributed by atoms with E-state index in [0.29, 0.717) is 19.3 Å². The lowest BCUT2D eigenvalue weighted by molar-refractivity contribution is -0.167. The van der Waals surface area contributed by atoms with Crippen molar-refractivity contribution in [1.29, 1.82) is 0 Å². The van der Waals surface area contributed by atoms with E-state index in [9.17, 15) is 14.4 Å². The van der Waals surface area contributed by atoms with Crippen molar-refractivity contribution in [2.24, 2.45) is 0 Å². The fourth-order valence-electron chi connectivity index (χ4n) is 9.33. The minimum atomic E-state index is -0.761. The zero-order valence-corrected chi connectivity index (χ0v) is 45.0. The van der Waals surface area contributed by atoms with Crippen molar-refractivity contribution in [3.63, 3.8) is 0 Å². The van der Waals surface area contributed by atoms with E-state index in [0.717, 1.165) is 57.8 Å². The van der Waals surface area contributed by atoms with Crippen molar-refractivity contribution in [3.8, 4) is 0 Å². The topological polar surface area (TPSA) is 78.9 Å². The minimum absolute atomic E-state index is 0.0608. The molecule has 0 amide bonds. The lowest BCUT2D eigenvalue weighted by atomic mass is 10.0. The molecule has 6 nitrogen and oxygen atoms in total. The number of hydrogen-bond donors (Lipinski definition) is 0. The first-order valence-electron chi connectivity index (χ1n) is 30.0. The van der Waals surface area contributed by atoms with E-state index >= 15 is 0 Å². The molecule has 0 aromatic carbocycles. The second-order valence-electron chi connectivity index (χ2n) is 20.6. The van der Waals surface area contributed by atoms with Gasteiger partial charge in [0.25, 0.3) is 0 Å². The molecule has 0 aliphatic heterocycles. The zero-order valence-electron chi connectivity index (χ0n) is 45.0. The van der Waals surface area contributed by atoms with Gasteiger partial charge < -0.3 is 14.2 Å². The molecule has 0 rings (SSSR count). The van der Waals surface area contributed by atoms with Crippen LogP contribution in [0.1, 0.15) is 348 Å². The second kappa shape index (κ2) is 56.0. The molecular formula is C60H116O6. The molecule has 0 fully saturated rings. The van der Waals surface area contributed by atoms with Gasteiger partial charge in [-0.25, -0.2) is 0 Å². The highest BCUT2D eigenvalue weighted by atomic mass is 16.6. The van der Waals surface area contributed by atoms with Crippen LogP contribution in [-0.2, 0) is 28.6 Å². The van der Waals surface area contributed by atoms with Crippen molar-refractivity contribution in [2.75, 3.05) is 13.2 Å². The van der Waals surface area contributed by atoms with Gasteiger partial charge in [-0.2, -0.15) is 0 Å². The quantitative estimate of drug-likeness (QED) is 0.0343. The Hall–Kier alpha value is -1.59. The Balaban J connectivity index is 4.28. The largest absolute Gasteiger partial charge is 0.462 e. The number of esters is 3. The number of carbonyl (C=O) groups excluding carboxylic acids is 3. The van der Waals surface area contributed by atoms with Gasteiger partial charge in [0.15, 0.2) is 6.10 Å². The van der Waals surface area contributed by atoms with Gasteiger partial charge in [-0.1, -0.05) is 310 Å². The smallest absolute Gasteiger partial charge is 0.306 e. The fourth-order valence-corrected chi connectivity index (χ4v) is 9.33. The van der Waals surface area contributed by atoms with E-state index in [-0.39, 0.29) is 31.1 Å².